The quantitative estimate of drug-likeness (QED) is 0.810. The molecule has 0 amide bonds. The normalized spacial score (nSPS) is 20.0. The number of halogens is 2. The summed E-state index contributed by atoms with van der Waals surface area (Å²) in [7, 11) is 0. The van der Waals surface area contributed by atoms with E-state index in [1.807, 2.05) is 0 Å². The van der Waals surface area contributed by atoms with Gasteiger partial charge in [-0.2, -0.15) is 11.8 Å². The molecule has 1 atom stereocenters. The first kappa shape index (κ1) is 11.6. The zero-order chi connectivity index (χ0) is 11.5. The number of ketones is 1. The van der Waals surface area contributed by atoms with Gasteiger partial charge < -0.3 is 0 Å². The third-order valence-electron chi connectivity index (χ3n) is 2.78. The van der Waals surface area contributed by atoms with Crippen molar-refractivity contribution in [2.45, 2.75) is 12.8 Å². The second-order valence-electron chi connectivity index (χ2n) is 3.92. The molecule has 1 fully saturated rings. The highest BCUT2D eigenvalue weighted by Gasteiger charge is 2.24. The maximum absolute atomic E-state index is 13.3. The van der Waals surface area contributed by atoms with E-state index in [2.05, 4.69) is 0 Å². The molecule has 0 saturated carbocycles. The molecule has 1 nitrogen and oxygen atoms in total. The van der Waals surface area contributed by atoms with Crippen molar-refractivity contribution in [3.05, 3.63) is 35.4 Å². The third-order valence-corrected chi connectivity index (χ3v) is 3.94. The number of carbonyl (C=O) groups is 1. The zero-order valence-corrected chi connectivity index (χ0v) is 9.53. The molecule has 86 valence electrons. The Balaban J connectivity index is 2.08. The maximum atomic E-state index is 13.3. The van der Waals surface area contributed by atoms with Crippen molar-refractivity contribution in [3.63, 3.8) is 0 Å². The van der Waals surface area contributed by atoms with Crippen molar-refractivity contribution in [1.82, 2.24) is 0 Å². The van der Waals surface area contributed by atoms with Gasteiger partial charge in [-0.3, -0.25) is 4.79 Å². The van der Waals surface area contributed by atoms with Crippen molar-refractivity contribution in [2.24, 2.45) is 5.92 Å². The first-order valence-electron chi connectivity index (χ1n) is 5.22. The molecule has 0 spiro atoms. The van der Waals surface area contributed by atoms with Gasteiger partial charge in [-0.05, 0) is 23.8 Å². The molecule has 0 aromatic heterocycles. The van der Waals surface area contributed by atoms with Crippen molar-refractivity contribution in [1.29, 1.82) is 0 Å². The van der Waals surface area contributed by atoms with Crippen LogP contribution in [0.2, 0.25) is 0 Å². The second kappa shape index (κ2) is 4.95. The predicted octanol–water partition coefficient (Wildman–Crippen LogP) is 2.83. The zero-order valence-electron chi connectivity index (χ0n) is 8.71. The molecule has 2 rings (SSSR count). The van der Waals surface area contributed by atoms with Crippen molar-refractivity contribution in [2.75, 3.05) is 11.5 Å². The molecule has 1 heterocycles. The molecule has 1 aromatic rings. The summed E-state index contributed by atoms with van der Waals surface area (Å²) in [5.41, 5.74) is 0.168. The van der Waals surface area contributed by atoms with E-state index in [4.69, 9.17) is 0 Å². The van der Waals surface area contributed by atoms with E-state index < -0.39 is 11.6 Å². The van der Waals surface area contributed by atoms with Gasteiger partial charge in [-0.15, -0.1) is 0 Å². The lowest BCUT2D eigenvalue weighted by atomic mass is 9.97. The molecule has 1 saturated heterocycles. The third kappa shape index (κ3) is 2.43. The number of carbonyl (C=O) groups excluding carboxylic acids is 1. The average Bonchev–Trinajstić information content (AvgIpc) is 2.78. The summed E-state index contributed by atoms with van der Waals surface area (Å²) in [6.45, 7) is 0. The molecule has 1 unspecified atom stereocenters. The molecule has 1 aliphatic rings. The lowest BCUT2D eigenvalue weighted by molar-refractivity contribution is -0.121. The minimum Gasteiger partial charge on any atom is -0.299 e. The first-order chi connectivity index (χ1) is 7.68. The van der Waals surface area contributed by atoms with Crippen LogP contribution in [0, 0.1) is 17.6 Å². The van der Waals surface area contributed by atoms with Crippen LogP contribution in [0.25, 0.3) is 0 Å². The number of Topliss-reactive ketones (excluding diaryl/α,β-unsaturated/α-hetero) is 1. The van der Waals surface area contributed by atoms with Gasteiger partial charge in [0.1, 0.15) is 5.78 Å². The van der Waals surface area contributed by atoms with Gasteiger partial charge >= 0.3 is 0 Å². The summed E-state index contributed by atoms with van der Waals surface area (Å²) in [5, 5.41) is 0. The molecule has 0 bridgehead atoms. The van der Waals surface area contributed by atoms with Crippen LogP contribution in [0.1, 0.15) is 12.0 Å². The standard InChI is InChI=1S/C12H12F2OS/c13-10-3-1-2-8(12(10)14)6-11(15)9-4-5-16-7-9/h1-3,9H,4-7H2. The van der Waals surface area contributed by atoms with E-state index in [0.29, 0.717) is 0 Å². The summed E-state index contributed by atoms with van der Waals surface area (Å²) in [5.74, 6) is 0.0763. The maximum Gasteiger partial charge on any atom is 0.162 e. The Labute approximate surface area is 97.2 Å². The molecule has 0 N–H and O–H groups in total. The number of benzene rings is 1. The molecular weight excluding hydrogens is 230 g/mol. The van der Waals surface area contributed by atoms with Gasteiger partial charge in [0.2, 0.25) is 0 Å². The molecule has 1 aliphatic heterocycles. The van der Waals surface area contributed by atoms with Crippen LogP contribution in [0.15, 0.2) is 18.2 Å². The minimum atomic E-state index is -0.888. The minimum absolute atomic E-state index is 0.00875. The van der Waals surface area contributed by atoms with E-state index in [1.165, 1.54) is 12.1 Å². The summed E-state index contributed by atoms with van der Waals surface area (Å²) < 4.78 is 26.2. The van der Waals surface area contributed by atoms with Crippen LogP contribution < -0.4 is 0 Å². The van der Waals surface area contributed by atoms with Gasteiger partial charge in [0.05, 0.1) is 0 Å². The summed E-state index contributed by atoms with van der Waals surface area (Å²) in [6.07, 6.45) is 0.870. The fraction of sp³-hybridized carbons (Fsp3) is 0.417. The number of thioether (sulfide) groups is 1. The van der Waals surface area contributed by atoms with Crippen LogP contribution in [-0.2, 0) is 11.2 Å². The highest BCUT2D eigenvalue weighted by atomic mass is 32.2. The highest BCUT2D eigenvalue weighted by molar-refractivity contribution is 7.99. The van der Waals surface area contributed by atoms with Gasteiger partial charge in [0.15, 0.2) is 11.6 Å². The molecule has 4 heteroatoms. The monoisotopic (exact) mass is 242 g/mol. The molecule has 0 aliphatic carbocycles. The van der Waals surface area contributed by atoms with E-state index in [-0.39, 0.29) is 23.7 Å². The van der Waals surface area contributed by atoms with E-state index in [1.54, 1.807) is 11.8 Å². The largest absolute Gasteiger partial charge is 0.299 e. The highest BCUT2D eigenvalue weighted by Crippen LogP contribution is 2.25. The number of hydrogen-bond donors (Lipinski definition) is 0. The first-order valence-corrected chi connectivity index (χ1v) is 6.37. The van der Waals surface area contributed by atoms with E-state index in [0.717, 1.165) is 24.0 Å². The van der Waals surface area contributed by atoms with Crippen LogP contribution in [0.5, 0.6) is 0 Å². The Kier molecular flexibility index (Phi) is 3.59. The second-order valence-corrected chi connectivity index (χ2v) is 5.07. The summed E-state index contributed by atoms with van der Waals surface area (Å²) in [4.78, 5) is 11.8. The van der Waals surface area contributed by atoms with Crippen molar-refractivity contribution in [3.8, 4) is 0 Å². The van der Waals surface area contributed by atoms with Crippen molar-refractivity contribution >= 4 is 17.5 Å². The van der Waals surface area contributed by atoms with Gasteiger partial charge in [-0.25, -0.2) is 8.78 Å². The molecule has 1 aromatic carbocycles. The SMILES string of the molecule is O=C(Cc1cccc(F)c1F)C1CCSC1. The number of rotatable bonds is 3. The topological polar surface area (TPSA) is 17.1 Å². The molecule has 16 heavy (non-hydrogen) atoms. The summed E-state index contributed by atoms with van der Waals surface area (Å²) >= 11 is 1.74. The lowest BCUT2D eigenvalue weighted by Crippen LogP contribution is -2.17. The average molecular weight is 242 g/mol. The van der Waals surface area contributed by atoms with E-state index >= 15 is 0 Å². The molecule has 0 radical (unpaired) electrons. The fourth-order valence-corrected chi connectivity index (χ4v) is 3.06. The Hall–Kier alpha value is -0.900. The van der Waals surface area contributed by atoms with Crippen LogP contribution >= 0.6 is 11.8 Å². The summed E-state index contributed by atoms with van der Waals surface area (Å²) in [6, 6.07) is 3.97. The van der Waals surface area contributed by atoms with Crippen LogP contribution in [0.4, 0.5) is 8.78 Å². The Bertz CT molecular complexity index is 400. The van der Waals surface area contributed by atoms with Gasteiger partial charge in [0.25, 0.3) is 0 Å². The van der Waals surface area contributed by atoms with Crippen LogP contribution in [0.3, 0.4) is 0 Å². The van der Waals surface area contributed by atoms with Crippen LogP contribution in [-0.4, -0.2) is 17.3 Å². The van der Waals surface area contributed by atoms with E-state index in [9.17, 15) is 13.6 Å². The Morgan fingerprint density at radius 1 is 1.44 bits per heavy atom. The lowest BCUT2D eigenvalue weighted by Gasteiger charge is -2.07. The Morgan fingerprint density at radius 3 is 2.94 bits per heavy atom. The Morgan fingerprint density at radius 2 is 2.25 bits per heavy atom. The number of hydrogen-bond acceptors (Lipinski definition) is 2. The van der Waals surface area contributed by atoms with Crippen molar-refractivity contribution < 1.29 is 13.6 Å². The van der Waals surface area contributed by atoms with Gasteiger partial charge in [0, 0.05) is 18.1 Å². The smallest absolute Gasteiger partial charge is 0.162 e. The molecular formula is C12H12F2OS. The fourth-order valence-electron chi connectivity index (χ4n) is 1.81. The van der Waals surface area contributed by atoms with Gasteiger partial charge in [-0.1, -0.05) is 12.1 Å². The predicted molar refractivity (Wildman–Crippen MR) is 60.5 cm³/mol.